The number of halogens is 2. The number of nitro benzene ring substituents is 1. The monoisotopic (exact) mass is 612 g/mol. The van der Waals surface area contributed by atoms with Crippen LogP contribution in [0.1, 0.15) is 39.0 Å². The third-order valence-corrected chi connectivity index (χ3v) is 9.23. The van der Waals surface area contributed by atoms with Crippen LogP contribution in [0.15, 0.2) is 95.5 Å². The predicted molar refractivity (Wildman–Crippen MR) is 154 cm³/mol. The third kappa shape index (κ3) is 3.41. The summed E-state index contributed by atoms with van der Waals surface area (Å²) in [6.07, 6.45) is 0. The van der Waals surface area contributed by atoms with Crippen LogP contribution in [0.4, 0.5) is 21.5 Å². The van der Waals surface area contributed by atoms with Crippen LogP contribution in [0.5, 0.6) is 0 Å². The van der Waals surface area contributed by atoms with E-state index in [2.05, 4.69) is 31.9 Å². The molecular formula is C31H22BrFN4O4. The average molecular weight is 613 g/mol. The van der Waals surface area contributed by atoms with Gasteiger partial charge in [-0.1, -0.05) is 64.5 Å². The first-order valence-electron chi connectivity index (χ1n) is 13.0. The number of fused-ring (bicyclic) bond motifs is 4. The summed E-state index contributed by atoms with van der Waals surface area (Å²) in [5, 5.41) is 21.5. The highest BCUT2D eigenvalue weighted by molar-refractivity contribution is 9.10. The number of para-hydroxylation sites is 1. The average Bonchev–Trinajstić information content (AvgIpc) is 3.44. The first-order chi connectivity index (χ1) is 19.8. The second-order valence-electron chi connectivity index (χ2n) is 10.6. The van der Waals surface area contributed by atoms with Gasteiger partial charge in [0.15, 0.2) is 5.78 Å². The molecule has 7 rings (SSSR count). The predicted octanol–water partition coefficient (Wildman–Crippen LogP) is 6.07. The molecule has 10 heteroatoms. The molecule has 3 aliphatic heterocycles. The first-order valence-corrected chi connectivity index (χ1v) is 13.8. The van der Waals surface area contributed by atoms with Gasteiger partial charge in [-0.25, -0.2) is 4.39 Å². The lowest BCUT2D eigenvalue weighted by atomic mass is 9.55. The van der Waals surface area contributed by atoms with Crippen molar-refractivity contribution in [3.63, 3.8) is 0 Å². The summed E-state index contributed by atoms with van der Waals surface area (Å²) < 4.78 is 15.7. The summed E-state index contributed by atoms with van der Waals surface area (Å²) >= 11 is 3.49. The zero-order valence-corrected chi connectivity index (χ0v) is 22.9. The topological polar surface area (TPSA) is 113 Å². The van der Waals surface area contributed by atoms with Crippen molar-refractivity contribution in [3.05, 3.63) is 134 Å². The molecule has 0 bridgehead atoms. The smallest absolute Gasteiger partial charge is 0.293 e. The lowest BCUT2D eigenvalue weighted by Crippen LogP contribution is -2.62. The number of nitrogens with one attached hydrogen (secondary N) is 3. The Morgan fingerprint density at radius 1 is 0.927 bits per heavy atom. The van der Waals surface area contributed by atoms with Gasteiger partial charge in [-0.3, -0.25) is 25.0 Å². The van der Waals surface area contributed by atoms with E-state index in [-0.39, 0.29) is 23.5 Å². The van der Waals surface area contributed by atoms with Crippen LogP contribution in [0.2, 0.25) is 0 Å². The number of carbonyl (C=O) groups is 2. The SMILES string of the molecule is O=C1c2cccc([N+](=O)[O-])c2NC[C@@]12[C@H](c1ccc(Br)cc1)[C@@H](c1ccccc1)N[C@]21C(=O)Nc2ccc(F)cc21. The normalized spacial score (nSPS) is 26.0. The van der Waals surface area contributed by atoms with E-state index in [1.54, 1.807) is 6.07 Å². The van der Waals surface area contributed by atoms with Crippen molar-refractivity contribution in [2.24, 2.45) is 5.41 Å². The van der Waals surface area contributed by atoms with Gasteiger partial charge in [0.25, 0.3) is 11.6 Å². The number of nitrogens with zero attached hydrogens (tertiary/aromatic N) is 1. The molecule has 0 saturated carbocycles. The minimum atomic E-state index is -1.70. The van der Waals surface area contributed by atoms with Crippen molar-refractivity contribution in [1.29, 1.82) is 0 Å². The highest BCUT2D eigenvalue weighted by Crippen LogP contribution is 2.66. The molecule has 2 spiro atoms. The molecule has 4 aromatic carbocycles. The Hall–Kier alpha value is -4.41. The van der Waals surface area contributed by atoms with E-state index in [1.165, 1.54) is 30.3 Å². The van der Waals surface area contributed by atoms with Crippen molar-refractivity contribution >= 4 is 44.7 Å². The van der Waals surface area contributed by atoms with Gasteiger partial charge >= 0.3 is 0 Å². The first kappa shape index (κ1) is 25.6. The highest BCUT2D eigenvalue weighted by atomic mass is 79.9. The maximum atomic E-state index is 15.1. The Kier molecular flexibility index (Phi) is 5.64. The quantitative estimate of drug-likeness (QED) is 0.191. The van der Waals surface area contributed by atoms with Gasteiger partial charge < -0.3 is 10.6 Å². The molecule has 0 radical (unpaired) electrons. The maximum Gasteiger partial charge on any atom is 0.293 e. The van der Waals surface area contributed by atoms with E-state index < -0.39 is 45.3 Å². The molecule has 204 valence electrons. The fraction of sp³-hybridized carbons (Fsp3) is 0.161. The van der Waals surface area contributed by atoms with Crippen LogP contribution in [-0.4, -0.2) is 23.2 Å². The number of benzene rings is 4. The second-order valence-corrected chi connectivity index (χ2v) is 11.5. The van der Waals surface area contributed by atoms with E-state index >= 15 is 4.79 Å². The van der Waals surface area contributed by atoms with Crippen molar-refractivity contribution in [1.82, 2.24) is 5.32 Å². The Bertz CT molecular complexity index is 1770. The minimum Gasteiger partial charge on any atom is -0.378 e. The summed E-state index contributed by atoms with van der Waals surface area (Å²) in [4.78, 5) is 40.7. The Balaban J connectivity index is 1.58. The number of hydrogen-bond acceptors (Lipinski definition) is 6. The number of anilines is 2. The van der Waals surface area contributed by atoms with Gasteiger partial charge in [0.1, 0.15) is 17.0 Å². The lowest BCUT2D eigenvalue weighted by molar-refractivity contribution is -0.384. The van der Waals surface area contributed by atoms with Crippen molar-refractivity contribution < 1.29 is 18.9 Å². The molecule has 3 aliphatic rings. The molecule has 1 fully saturated rings. The fourth-order valence-electron chi connectivity index (χ4n) is 7.08. The zero-order valence-electron chi connectivity index (χ0n) is 21.4. The Morgan fingerprint density at radius 2 is 1.68 bits per heavy atom. The summed E-state index contributed by atoms with van der Waals surface area (Å²) in [7, 11) is 0. The Labute approximate surface area is 242 Å². The fourth-order valence-corrected chi connectivity index (χ4v) is 7.34. The van der Waals surface area contributed by atoms with Gasteiger partial charge in [-0.2, -0.15) is 0 Å². The second kappa shape index (κ2) is 9.05. The molecule has 3 N–H and O–H groups in total. The molecule has 1 amide bonds. The molecule has 3 heterocycles. The molecule has 8 nitrogen and oxygen atoms in total. The van der Waals surface area contributed by atoms with E-state index in [1.807, 2.05) is 54.6 Å². The summed E-state index contributed by atoms with van der Waals surface area (Å²) in [6.45, 7) is -0.107. The molecule has 4 atom stereocenters. The van der Waals surface area contributed by atoms with Gasteiger partial charge in [0.05, 0.1) is 10.3 Å². The largest absolute Gasteiger partial charge is 0.378 e. The number of ketones is 1. The van der Waals surface area contributed by atoms with Crippen molar-refractivity contribution in [2.75, 3.05) is 17.2 Å². The highest BCUT2D eigenvalue weighted by Gasteiger charge is 2.74. The van der Waals surface area contributed by atoms with Crippen LogP contribution in [-0.2, 0) is 10.3 Å². The van der Waals surface area contributed by atoms with E-state index in [0.717, 1.165) is 15.6 Å². The number of rotatable bonds is 3. The van der Waals surface area contributed by atoms with E-state index in [0.29, 0.717) is 11.3 Å². The molecule has 1 saturated heterocycles. The van der Waals surface area contributed by atoms with Crippen LogP contribution >= 0.6 is 15.9 Å². The van der Waals surface area contributed by atoms with Crippen LogP contribution < -0.4 is 16.0 Å². The Morgan fingerprint density at radius 3 is 2.41 bits per heavy atom. The van der Waals surface area contributed by atoms with Gasteiger partial charge in [-0.05, 0) is 47.5 Å². The van der Waals surface area contributed by atoms with E-state index in [4.69, 9.17) is 0 Å². The lowest BCUT2D eigenvalue weighted by Gasteiger charge is -2.46. The molecule has 41 heavy (non-hydrogen) atoms. The number of amides is 1. The minimum absolute atomic E-state index is 0.107. The molecule has 0 aliphatic carbocycles. The zero-order chi connectivity index (χ0) is 28.5. The van der Waals surface area contributed by atoms with Gasteiger partial charge in [0.2, 0.25) is 0 Å². The summed E-state index contributed by atoms with van der Waals surface area (Å²) in [6, 6.07) is 24.9. The van der Waals surface area contributed by atoms with E-state index in [9.17, 15) is 19.3 Å². The third-order valence-electron chi connectivity index (χ3n) is 8.70. The van der Waals surface area contributed by atoms with Crippen molar-refractivity contribution in [2.45, 2.75) is 17.5 Å². The van der Waals surface area contributed by atoms with Crippen LogP contribution in [0, 0.1) is 21.3 Å². The van der Waals surface area contributed by atoms with Crippen LogP contribution in [0.3, 0.4) is 0 Å². The van der Waals surface area contributed by atoms with Gasteiger partial charge in [0, 0.05) is 45.9 Å². The standard InChI is InChI=1S/C31H22BrFN4O4/c32-19-11-9-17(10-12-19)25-26(18-5-2-1-3-6-18)36-31(22-15-20(33)13-14-23(22)35-29(31)39)30(25)16-34-27-21(28(30)38)7-4-8-24(27)37(40)41/h1-15,25-26,34,36H,16H2,(H,35,39)/t25-,26-,30-,31-/m1/s1. The number of hydrogen-bond donors (Lipinski definition) is 3. The van der Waals surface area contributed by atoms with Gasteiger partial charge in [-0.15, -0.1) is 0 Å². The van der Waals surface area contributed by atoms with Crippen LogP contribution in [0.25, 0.3) is 0 Å². The number of carbonyl (C=O) groups excluding carboxylic acids is 2. The number of nitro groups is 1. The van der Waals surface area contributed by atoms with Crippen molar-refractivity contribution in [3.8, 4) is 0 Å². The maximum absolute atomic E-state index is 15.1. The number of Topliss-reactive ketones (excluding diaryl/α,β-unsaturated/α-hetero) is 1. The molecule has 0 unspecified atom stereocenters. The summed E-state index contributed by atoms with van der Waals surface area (Å²) in [5.41, 5.74) is -0.898. The molecule has 4 aromatic rings. The molecule has 0 aromatic heterocycles. The molecular weight excluding hydrogens is 591 g/mol. The summed E-state index contributed by atoms with van der Waals surface area (Å²) in [5.74, 6) is -2.10.